The number of hydrogen-bond acceptors (Lipinski definition) is 4. The summed E-state index contributed by atoms with van der Waals surface area (Å²) >= 11 is 0. The Morgan fingerprint density at radius 3 is 2.58 bits per heavy atom. The lowest BCUT2D eigenvalue weighted by Gasteiger charge is -2.10. The van der Waals surface area contributed by atoms with E-state index in [0.29, 0.717) is 17.4 Å². The van der Waals surface area contributed by atoms with E-state index < -0.39 is 5.97 Å². The average Bonchev–Trinajstić information content (AvgIpc) is 2.41. The van der Waals surface area contributed by atoms with Gasteiger partial charge < -0.3 is 14.6 Å². The number of aryl methyl sites for hydroxylation is 1. The molecular formula is C14H13NO4. The van der Waals surface area contributed by atoms with Gasteiger partial charge in [0.1, 0.15) is 0 Å². The van der Waals surface area contributed by atoms with Gasteiger partial charge in [0.15, 0.2) is 11.5 Å². The molecular weight excluding hydrogens is 246 g/mol. The third-order valence-corrected chi connectivity index (χ3v) is 2.52. The molecule has 5 nitrogen and oxygen atoms in total. The summed E-state index contributed by atoms with van der Waals surface area (Å²) in [5.74, 6) is 0.423. The van der Waals surface area contributed by atoms with Crippen LogP contribution in [-0.4, -0.2) is 23.2 Å². The lowest BCUT2D eigenvalue weighted by molar-refractivity contribution is 0.0696. The molecule has 1 aromatic heterocycles. The van der Waals surface area contributed by atoms with Crippen LogP contribution in [0, 0.1) is 6.92 Å². The van der Waals surface area contributed by atoms with Crippen LogP contribution in [-0.2, 0) is 0 Å². The second-order valence-corrected chi connectivity index (χ2v) is 3.95. The molecule has 0 bridgehead atoms. The van der Waals surface area contributed by atoms with Crippen LogP contribution < -0.4 is 9.47 Å². The third kappa shape index (κ3) is 3.01. The number of benzene rings is 1. The van der Waals surface area contributed by atoms with Gasteiger partial charge in [0.25, 0.3) is 0 Å². The maximum atomic E-state index is 10.7. The smallest absolute Gasteiger partial charge is 0.337 e. The molecule has 0 aliphatic heterocycles. The van der Waals surface area contributed by atoms with Crippen molar-refractivity contribution in [2.45, 2.75) is 6.92 Å². The number of ether oxygens (including phenoxy) is 2. The summed E-state index contributed by atoms with van der Waals surface area (Å²) in [6, 6.07) is 8.46. The number of hydrogen-bond donors (Lipinski definition) is 1. The number of carbonyl (C=O) groups is 1. The Bertz CT molecular complexity index is 593. The molecule has 0 saturated heterocycles. The van der Waals surface area contributed by atoms with Crippen molar-refractivity contribution in [3.63, 3.8) is 0 Å². The van der Waals surface area contributed by atoms with Crippen molar-refractivity contribution in [3.8, 4) is 17.4 Å². The Hall–Kier alpha value is -2.56. The SMILES string of the molecule is COc1cc(C)ccc1Oc1ccc(C(=O)O)cn1. The second kappa shape index (κ2) is 5.39. The van der Waals surface area contributed by atoms with Crippen LogP contribution in [0.25, 0.3) is 0 Å². The van der Waals surface area contributed by atoms with E-state index in [1.54, 1.807) is 13.2 Å². The minimum atomic E-state index is -1.02. The molecule has 0 amide bonds. The zero-order valence-electron chi connectivity index (χ0n) is 10.6. The Morgan fingerprint density at radius 2 is 2.00 bits per heavy atom. The largest absolute Gasteiger partial charge is 0.493 e. The minimum Gasteiger partial charge on any atom is -0.493 e. The predicted octanol–water partition coefficient (Wildman–Crippen LogP) is 2.89. The van der Waals surface area contributed by atoms with Crippen LogP contribution >= 0.6 is 0 Å². The van der Waals surface area contributed by atoms with Crippen molar-refractivity contribution in [1.29, 1.82) is 0 Å². The number of nitrogens with zero attached hydrogens (tertiary/aromatic N) is 1. The summed E-state index contributed by atoms with van der Waals surface area (Å²) in [5, 5.41) is 8.78. The molecule has 2 rings (SSSR count). The van der Waals surface area contributed by atoms with Gasteiger partial charge in [-0.05, 0) is 30.7 Å². The van der Waals surface area contributed by atoms with Gasteiger partial charge in [0.2, 0.25) is 5.88 Å². The maximum absolute atomic E-state index is 10.7. The molecule has 0 atom stereocenters. The van der Waals surface area contributed by atoms with E-state index in [2.05, 4.69) is 4.98 Å². The van der Waals surface area contributed by atoms with Gasteiger partial charge in [-0.15, -0.1) is 0 Å². The quantitative estimate of drug-likeness (QED) is 0.914. The summed E-state index contributed by atoms with van der Waals surface area (Å²) in [7, 11) is 1.56. The molecule has 0 aliphatic rings. The van der Waals surface area contributed by atoms with Crippen LogP contribution in [0.1, 0.15) is 15.9 Å². The van der Waals surface area contributed by atoms with Crippen molar-refractivity contribution in [2.24, 2.45) is 0 Å². The van der Waals surface area contributed by atoms with Crippen molar-refractivity contribution in [2.75, 3.05) is 7.11 Å². The predicted molar refractivity (Wildman–Crippen MR) is 69.0 cm³/mol. The van der Waals surface area contributed by atoms with E-state index in [1.165, 1.54) is 18.3 Å². The number of aromatic carboxylic acids is 1. The number of methoxy groups -OCH3 is 1. The molecule has 0 unspecified atom stereocenters. The molecule has 0 spiro atoms. The monoisotopic (exact) mass is 259 g/mol. The summed E-state index contributed by atoms with van der Waals surface area (Å²) in [6.07, 6.45) is 1.25. The van der Waals surface area contributed by atoms with Crippen LogP contribution in [0.3, 0.4) is 0 Å². The van der Waals surface area contributed by atoms with Crippen molar-refractivity contribution in [3.05, 3.63) is 47.7 Å². The zero-order chi connectivity index (χ0) is 13.8. The Balaban J connectivity index is 2.23. The fourth-order valence-electron chi connectivity index (χ4n) is 1.54. The van der Waals surface area contributed by atoms with Crippen molar-refractivity contribution < 1.29 is 19.4 Å². The van der Waals surface area contributed by atoms with Crippen molar-refractivity contribution >= 4 is 5.97 Å². The molecule has 1 N–H and O–H groups in total. The van der Waals surface area contributed by atoms with Crippen molar-refractivity contribution in [1.82, 2.24) is 4.98 Å². The standard InChI is InChI=1S/C14H13NO4/c1-9-3-5-11(12(7-9)18-2)19-13-6-4-10(8-15-13)14(16)17/h3-8H,1-2H3,(H,16,17). The fraction of sp³-hybridized carbons (Fsp3) is 0.143. The number of pyridine rings is 1. The Kier molecular flexibility index (Phi) is 3.66. The highest BCUT2D eigenvalue weighted by atomic mass is 16.5. The molecule has 1 aromatic carbocycles. The Morgan fingerprint density at radius 1 is 1.21 bits per heavy atom. The topological polar surface area (TPSA) is 68.7 Å². The van der Waals surface area contributed by atoms with E-state index >= 15 is 0 Å². The highest BCUT2D eigenvalue weighted by molar-refractivity contribution is 5.87. The van der Waals surface area contributed by atoms with Crippen LogP contribution in [0.5, 0.6) is 17.4 Å². The van der Waals surface area contributed by atoms with E-state index in [-0.39, 0.29) is 5.56 Å². The maximum Gasteiger partial charge on any atom is 0.337 e. The van der Waals surface area contributed by atoms with Gasteiger partial charge in [0, 0.05) is 12.3 Å². The number of carboxylic acids is 1. The normalized spacial score (nSPS) is 10.0. The van der Waals surface area contributed by atoms with Gasteiger partial charge >= 0.3 is 5.97 Å². The molecule has 0 radical (unpaired) electrons. The lowest BCUT2D eigenvalue weighted by atomic mass is 10.2. The highest BCUT2D eigenvalue weighted by Gasteiger charge is 2.08. The number of rotatable bonds is 4. The average molecular weight is 259 g/mol. The van der Waals surface area contributed by atoms with Gasteiger partial charge in [-0.2, -0.15) is 0 Å². The molecule has 0 aliphatic carbocycles. The van der Waals surface area contributed by atoms with Gasteiger partial charge in [-0.1, -0.05) is 6.07 Å². The van der Waals surface area contributed by atoms with Gasteiger partial charge in [0.05, 0.1) is 12.7 Å². The van der Waals surface area contributed by atoms with E-state index in [0.717, 1.165) is 5.56 Å². The van der Waals surface area contributed by atoms with Crippen LogP contribution in [0.4, 0.5) is 0 Å². The first-order valence-corrected chi connectivity index (χ1v) is 5.62. The summed E-state index contributed by atoms with van der Waals surface area (Å²) in [5.41, 5.74) is 1.17. The number of aromatic nitrogens is 1. The first-order chi connectivity index (χ1) is 9.10. The van der Waals surface area contributed by atoms with E-state index in [9.17, 15) is 4.79 Å². The molecule has 0 fully saturated rings. The second-order valence-electron chi connectivity index (χ2n) is 3.95. The molecule has 2 aromatic rings. The summed E-state index contributed by atoms with van der Waals surface area (Å²) in [4.78, 5) is 14.6. The molecule has 98 valence electrons. The first kappa shape index (κ1) is 12.9. The van der Waals surface area contributed by atoms with Gasteiger partial charge in [-0.25, -0.2) is 9.78 Å². The van der Waals surface area contributed by atoms with E-state index in [4.69, 9.17) is 14.6 Å². The van der Waals surface area contributed by atoms with Crippen LogP contribution in [0.15, 0.2) is 36.5 Å². The molecule has 0 saturated carbocycles. The first-order valence-electron chi connectivity index (χ1n) is 5.62. The zero-order valence-corrected chi connectivity index (χ0v) is 10.6. The lowest BCUT2D eigenvalue weighted by Crippen LogP contribution is -1.98. The van der Waals surface area contributed by atoms with Crippen LogP contribution in [0.2, 0.25) is 0 Å². The Labute approximate surface area is 110 Å². The molecule has 5 heteroatoms. The van der Waals surface area contributed by atoms with Gasteiger partial charge in [-0.3, -0.25) is 0 Å². The summed E-state index contributed by atoms with van der Waals surface area (Å²) in [6.45, 7) is 1.95. The number of carboxylic acid groups (broad SMARTS) is 1. The third-order valence-electron chi connectivity index (χ3n) is 2.52. The summed E-state index contributed by atoms with van der Waals surface area (Å²) < 4.78 is 10.8. The minimum absolute atomic E-state index is 0.114. The van der Waals surface area contributed by atoms with E-state index in [1.807, 2.05) is 19.1 Å². The molecule has 1 heterocycles. The molecule has 19 heavy (non-hydrogen) atoms. The highest BCUT2D eigenvalue weighted by Crippen LogP contribution is 2.31. The fourth-order valence-corrected chi connectivity index (χ4v) is 1.54.